The summed E-state index contributed by atoms with van der Waals surface area (Å²) in [4.78, 5) is 36.4. The van der Waals surface area contributed by atoms with E-state index < -0.39 is 17.7 Å². The van der Waals surface area contributed by atoms with E-state index in [1.807, 2.05) is 31.5 Å². The lowest BCUT2D eigenvalue weighted by molar-refractivity contribution is -0.148. The Morgan fingerprint density at radius 2 is 1.89 bits per heavy atom. The topological polar surface area (TPSA) is 129 Å². The molecule has 8 nitrogen and oxygen atoms in total. The number of aryl methyl sites for hydroxylation is 1. The summed E-state index contributed by atoms with van der Waals surface area (Å²) < 4.78 is 22.4. The van der Waals surface area contributed by atoms with E-state index in [4.69, 9.17) is 16.2 Å². The Morgan fingerprint density at radius 1 is 1.20 bits per heavy atom. The average molecular weight is 485 g/mol. The zero-order valence-electron chi connectivity index (χ0n) is 20.4. The summed E-state index contributed by atoms with van der Waals surface area (Å²) >= 11 is 0. The van der Waals surface area contributed by atoms with Gasteiger partial charge in [-0.25, -0.2) is 4.39 Å². The molecule has 0 spiro atoms. The van der Waals surface area contributed by atoms with Crippen LogP contribution >= 0.6 is 0 Å². The number of carbonyl (C=O) groups is 3. The van der Waals surface area contributed by atoms with E-state index in [9.17, 15) is 14.4 Å². The fourth-order valence-corrected chi connectivity index (χ4v) is 5.38. The monoisotopic (exact) mass is 484 g/mol. The fourth-order valence-electron chi connectivity index (χ4n) is 5.38. The lowest BCUT2D eigenvalue weighted by Gasteiger charge is -2.31. The van der Waals surface area contributed by atoms with Crippen molar-refractivity contribution in [3.8, 4) is 5.69 Å². The van der Waals surface area contributed by atoms with E-state index in [1.165, 1.54) is 6.07 Å². The van der Waals surface area contributed by atoms with Crippen molar-refractivity contribution in [1.29, 1.82) is 0 Å². The van der Waals surface area contributed by atoms with Gasteiger partial charge in [-0.3, -0.25) is 14.4 Å². The van der Waals surface area contributed by atoms with Crippen molar-refractivity contribution in [3.63, 3.8) is 0 Å². The maximum Gasteiger partial charge on any atom is 0.319 e. The molecule has 1 heterocycles. The number of rotatable bonds is 6. The molecule has 1 aromatic carbocycles. The third-order valence-corrected chi connectivity index (χ3v) is 6.96. The third-order valence-electron chi connectivity index (χ3n) is 6.96. The molecule has 0 atom stereocenters. The predicted molar refractivity (Wildman–Crippen MR) is 130 cm³/mol. The van der Waals surface area contributed by atoms with Crippen LogP contribution in [-0.4, -0.2) is 40.9 Å². The standard InChI is InChI=1S/C26H33FN4O4/c1-14-13-31(20-10-26(2,3)11-21(32)23(14)20)16-8-18(27)24(25(29)34)19(9-16)30-15-4-6-17(7-5-15)35-22(33)12-28/h8-9,13,15,17,30H,4-7,10-12,28H2,1-3H3,(H2,29,34)/t15-,17-. The van der Waals surface area contributed by atoms with E-state index in [0.717, 1.165) is 11.3 Å². The first kappa shape index (κ1) is 24.9. The number of amides is 1. The molecule has 0 radical (unpaired) electrons. The van der Waals surface area contributed by atoms with Crippen LogP contribution in [0.1, 0.15) is 77.9 Å². The number of benzene rings is 1. The Balaban J connectivity index is 1.65. The van der Waals surface area contributed by atoms with Crippen LogP contribution in [0.5, 0.6) is 0 Å². The molecular formula is C26H33FN4O4. The SMILES string of the molecule is Cc1cn(-c2cc(F)c(C(N)=O)c(N[C@H]3CC[C@H](OC(=O)CN)CC3)c2)c2c1C(=O)CC(C)(C)C2. The van der Waals surface area contributed by atoms with Crippen molar-refractivity contribution in [2.45, 2.75) is 71.4 Å². The molecule has 0 aliphatic heterocycles. The highest BCUT2D eigenvalue weighted by atomic mass is 19.1. The van der Waals surface area contributed by atoms with Gasteiger partial charge in [-0.2, -0.15) is 0 Å². The molecule has 1 fully saturated rings. The molecule has 9 heteroatoms. The molecule has 35 heavy (non-hydrogen) atoms. The molecule has 1 saturated carbocycles. The number of nitrogens with two attached hydrogens (primary N) is 2. The number of ketones is 1. The summed E-state index contributed by atoms with van der Waals surface area (Å²) in [5, 5.41) is 3.30. The largest absolute Gasteiger partial charge is 0.461 e. The number of hydrogen-bond donors (Lipinski definition) is 3. The number of fused-ring (bicyclic) bond motifs is 1. The molecular weight excluding hydrogens is 451 g/mol. The number of aromatic nitrogens is 1. The molecule has 0 unspecified atom stereocenters. The second-order valence-corrected chi connectivity index (χ2v) is 10.5. The van der Waals surface area contributed by atoms with Gasteiger partial charge in [-0.15, -0.1) is 0 Å². The summed E-state index contributed by atoms with van der Waals surface area (Å²) in [7, 11) is 0. The molecule has 1 amide bonds. The zero-order chi connectivity index (χ0) is 25.5. The highest BCUT2D eigenvalue weighted by Crippen LogP contribution is 2.39. The van der Waals surface area contributed by atoms with Gasteiger partial charge < -0.3 is 26.1 Å². The Morgan fingerprint density at radius 3 is 2.51 bits per heavy atom. The van der Waals surface area contributed by atoms with Gasteiger partial charge in [0, 0.05) is 29.9 Å². The van der Waals surface area contributed by atoms with Gasteiger partial charge in [0.05, 0.1) is 23.5 Å². The highest BCUT2D eigenvalue weighted by molar-refractivity contribution is 6.01. The van der Waals surface area contributed by atoms with Gasteiger partial charge in [0.2, 0.25) is 0 Å². The molecule has 1 aromatic heterocycles. The minimum absolute atomic E-state index is 0.0450. The summed E-state index contributed by atoms with van der Waals surface area (Å²) in [6, 6.07) is 2.96. The third kappa shape index (κ3) is 5.10. The molecule has 2 aliphatic carbocycles. The Hall–Kier alpha value is -3.20. The van der Waals surface area contributed by atoms with Gasteiger partial charge in [0.1, 0.15) is 11.9 Å². The number of carbonyl (C=O) groups excluding carboxylic acids is 3. The number of ether oxygens (including phenoxy) is 1. The summed E-state index contributed by atoms with van der Waals surface area (Å²) in [5.41, 5.74) is 13.7. The van der Waals surface area contributed by atoms with Crippen LogP contribution in [0.15, 0.2) is 18.3 Å². The van der Waals surface area contributed by atoms with E-state index in [0.29, 0.717) is 55.5 Å². The van der Waals surface area contributed by atoms with Gasteiger partial charge >= 0.3 is 5.97 Å². The lowest BCUT2D eigenvalue weighted by atomic mass is 9.75. The number of esters is 1. The van der Waals surface area contributed by atoms with E-state index in [-0.39, 0.29) is 35.5 Å². The molecule has 5 N–H and O–H groups in total. The highest BCUT2D eigenvalue weighted by Gasteiger charge is 2.35. The summed E-state index contributed by atoms with van der Waals surface area (Å²) in [6.07, 6.45) is 5.42. The van der Waals surface area contributed by atoms with Crippen molar-refractivity contribution in [2.24, 2.45) is 16.9 Å². The number of primary amides is 1. The van der Waals surface area contributed by atoms with Gasteiger partial charge in [0.25, 0.3) is 5.91 Å². The molecule has 0 saturated heterocycles. The Labute approximate surface area is 204 Å². The van der Waals surface area contributed by atoms with Crippen LogP contribution < -0.4 is 16.8 Å². The molecule has 2 aliphatic rings. The first-order valence-electron chi connectivity index (χ1n) is 12.0. The molecule has 2 aromatic rings. The lowest BCUT2D eigenvalue weighted by Crippen LogP contribution is -2.33. The van der Waals surface area contributed by atoms with Crippen molar-refractivity contribution in [2.75, 3.05) is 11.9 Å². The van der Waals surface area contributed by atoms with Crippen LogP contribution in [0.3, 0.4) is 0 Å². The first-order chi connectivity index (χ1) is 16.5. The van der Waals surface area contributed by atoms with Gasteiger partial charge in [-0.1, -0.05) is 13.8 Å². The summed E-state index contributed by atoms with van der Waals surface area (Å²) in [6.45, 7) is 5.82. The van der Waals surface area contributed by atoms with E-state index in [1.54, 1.807) is 6.07 Å². The summed E-state index contributed by atoms with van der Waals surface area (Å²) in [5.74, 6) is -1.92. The van der Waals surface area contributed by atoms with E-state index >= 15 is 4.39 Å². The number of hydrogen-bond acceptors (Lipinski definition) is 6. The molecule has 4 rings (SSSR count). The van der Waals surface area contributed by atoms with Gasteiger partial charge in [-0.05, 0) is 62.1 Å². The second kappa shape index (κ2) is 9.45. The van der Waals surface area contributed by atoms with Crippen LogP contribution in [0.2, 0.25) is 0 Å². The van der Waals surface area contributed by atoms with Crippen LogP contribution in [0.4, 0.5) is 10.1 Å². The van der Waals surface area contributed by atoms with Crippen molar-refractivity contribution in [3.05, 3.63) is 46.5 Å². The quantitative estimate of drug-likeness (QED) is 0.539. The minimum atomic E-state index is -0.857. The molecule has 188 valence electrons. The first-order valence-corrected chi connectivity index (χ1v) is 12.0. The Kier molecular flexibility index (Phi) is 6.73. The average Bonchev–Trinajstić information content (AvgIpc) is 3.09. The minimum Gasteiger partial charge on any atom is -0.461 e. The molecule has 0 bridgehead atoms. The van der Waals surface area contributed by atoms with Crippen LogP contribution in [0.25, 0.3) is 5.69 Å². The van der Waals surface area contributed by atoms with E-state index in [2.05, 4.69) is 5.32 Å². The van der Waals surface area contributed by atoms with Gasteiger partial charge in [0.15, 0.2) is 5.78 Å². The number of nitrogens with zero attached hydrogens (tertiary/aromatic N) is 1. The zero-order valence-corrected chi connectivity index (χ0v) is 20.4. The van der Waals surface area contributed by atoms with Crippen LogP contribution in [-0.2, 0) is 16.0 Å². The number of nitrogens with one attached hydrogen (secondary N) is 1. The Bertz CT molecular complexity index is 1180. The second-order valence-electron chi connectivity index (χ2n) is 10.5. The van der Waals surface area contributed by atoms with Crippen LogP contribution in [0, 0.1) is 18.2 Å². The van der Waals surface area contributed by atoms with Crippen molar-refractivity contribution in [1.82, 2.24) is 4.57 Å². The predicted octanol–water partition coefficient (Wildman–Crippen LogP) is 3.40. The number of anilines is 1. The fraction of sp³-hybridized carbons (Fsp3) is 0.500. The maximum absolute atomic E-state index is 15.2. The number of halogens is 1. The number of Topliss-reactive ketones (excluding diaryl/α,β-unsaturated/α-hetero) is 1. The van der Waals surface area contributed by atoms with Crippen molar-refractivity contribution < 1.29 is 23.5 Å². The normalized spacial score (nSPS) is 21.3. The maximum atomic E-state index is 15.2. The van der Waals surface area contributed by atoms with Crippen molar-refractivity contribution >= 4 is 23.3 Å². The smallest absolute Gasteiger partial charge is 0.319 e.